The van der Waals surface area contributed by atoms with Gasteiger partial charge in [0.15, 0.2) is 0 Å². The molecule has 0 saturated heterocycles. The minimum Gasteiger partial charge on any atom is -0.344 e. The lowest BCUT2D eigenvalue weighted by molar-refractivity contribution is 0.389. The second kappa shape index (κ2) is 28.7. The Balaban J connectivity index is -0.000000667. The normalized spacial score (nSPS) is 10.0. The SMILES string of the molecule is Br.Br.CCCCCCCCCCCCCCCCCCN(C)C.N. The van der Waals surface area contributed by atoms with Crippen LogP contribution in [-0.4, -0.2) is 25.5 Å². The van der Waals surface area contributed by atoms with E-state index in [9.17, 15) is 0 Å². The predicted molar refractivity (Wildman–Crippen MR) is 124 cm³/mol. The van der Waals surface area contributed by atoms with Crippen LogP contribution in [0.15, 0.2) is 0 Å². The molecule has 0 heterocycles. The first-order chi connectivity index (χ1) is 10.3. The molecule has 152 valence electrons. The summed E-state index contributed by atoms with van der Waals surface area (Å²) < 4.78 is 0. The zero-order valence-electron chi connectivity index (χ0n) is 17.0. The van der Waals surface area contributed by atoms with Crippen LogP contribution in [-0.2, 0) is 0 Å². The second-order valence-corrected chi connectivity index (χ2v) is 7.11. The molecule has 0 aromatic rings. The van der Waals surface area contributed by atoms with Crippen molar-refractivity contribution in [3.05, 3.63) is 0 Å². The minimum atomic E-state index is 0. The Kier molecular flexibility index (Phi) is 38.9. The molecule has 3 N–H and O–H groups in total. The summed E-state index contributed by atoms with van der Waals surface area (Å²) in [4.78, 5) is 2.30. The number of halogens is 2. The average Bonchev–Trinajstić information content (AvgIpc) is 2.46. The van der Waals surface area contributed by atoms with Crippen LogP contribution < -0.4 is 6.15 Å². The van der Waals surface area contributed by atoms with E-state index in [1.54, 1.807) is 0 Å². The summed E-state index contributed by atoms with van der Waals surface area (Å²) >= 11 is 0. The van der Waals surface area contributed by atoms with E-state index in [2.05, 4.69) is 25.9 Å². The molecule has 2 nitrogen and oxygen atoms in total. The molecule has 0 aliphatic rings. The molecule has 0 bridgehead atoms. The van der Waals surface area contributed by atoms with Gasteiger partial charge in [-0.25, -0.2) is 0 Å². The van der Waals surface area contributed by atoms with Crippen LogP contribution in [0, 0.1) is 0 Å². The quantitative estimate of drug-likeness (QED) is 0.215. The molecule has 0 aromatic heterocycles. The van der Waals surface area contributed by atoms with Crippen molar-refractivity contribution < 1.29 is 0 Å². The molecular weight excluding hydrogens is 428 g/mol. The van der Waals surface area contributed by atoms with Crippen LogP contribution in [0.25, 0.3) is 0 Å². The summed E-state index contributed by atoms with van der Waals surface area (Å²) in [6.07, 6.45) is 23.3. The van der Waals surface area contributed by atoms with Crippen LogP contribution in [0.1, 0.15) is 110 Å². The minimum absolute atomic E-state index is 0. The van der Waals surface area contributed by atoms with Crippen molar-refractivity contribution in [2.24, 2.45) is 0 Å². The van der Waals surface area contributed by atoms with Crippen LogP contribution in [0.2, 0.25) is 0 Å². The van der Waals surface area contributed by atoms with Gasteiger partial charge in [0.05, 0.1) is 0 Å². The molecule has 0 spiro atoms. The maximum atomic E-state index is 2.30. The van der Waals surface area contributed by atoms with Gasteiger partial charge >= 0.3 is 0 Å². The third kappa shape index (κ3) is 30.7. The van der Waals surface area contributed by atoms with Gasteiger partial charge in [-0.15, -0.1) is 34.0 Å². The Morgan fingerprint density at radius 1 is 0.458 bits per heavy atom. The summed E-state index contributed by atoms with van der Waals surface area (Å²) in [6.45, 7) is 3.56. The van der Waals surface area contributed by atoms with Gasteiger partial charge < -0.3 is 11.1 Å². The molecule has 0 rings (SSSR count). The maximum Gasteiger partial charge on any atom is -0.00248 e. The third-order valence-corrected chi connectivity index (χ3v) is 4.46. The van der Waals surface area contributed by atoms with E-state index in [0.717, 1.165) is 0 Å². The van der Waals surface area contributed by atoms with Gasteiger partial charge in [0.25, 0.3) is 0 Å². The fourth-order valence-corrected chi connectivity index (χ4v) is 2.98. The Morgan fingerprint density at radius 3 is 0.958 bits per heavy atom. The zero-order chi connectivity index (χ0) is 15.6. The van der Waals surface area contributed by atoms with Gasteiger partial charge in [-0.2, -0.15) is 0 Å². The molecule has 0 fully saturated rings. The summed E-state index contributed by atoms with van der Waals surface area (Å²) in [5.41, 5.74) is 0. The fourth-order valence-electron chi connectivity index (χ4n) is 2.98. The summed E-state index contributed by atoms with van der Waals surface area (Å²) in [5, 5.41) is 0. The van der Waals surface area contributed by atoms with Gasteiger partial charge in [0.2, 0.25) is 0 Å². The van der Waals surface area contributed by atoms with Crippen molar-refractivity contribution in [3.63, 3.8) is 0 Å². The molecular formula is C20H48Br2N2. The Morgan fingerprint density at radius 2 is 0.708 bits per heavy atom. The Hall–Kier alpha value is 0.880. The van der Waals surface area contributed by atoms with E-state index < -0.39 is 0 Å². The highest BCUT2D eigenvalue weighted by atomic mass is 79.9. The number of hydrogen-bond donors (Lipinski definition) is 1. The highest BCUT2D eigenvalue weighted by Gasteiger charge is 1.95. The molecule has 4 heteroatoms. The van der Waals surface area contributed by atoms with Gasteiger partial charge in [0.1, 0.15) is 0 Å². The maximum absolute atomic E-state index is 2.30. The highest BCUT2D eigenvalue weighted by molar-refractivity contribution is 8.93. The lowest BCUT2D eigenvalue weighted by Crippen LogP contribution is -2.12. The van der Waals surface area contributed by atoms with Gasteiger partial charge in [-0.1, -0.05) is 103 Å². The van der Waals surface area contributed by atoms with E-state index in [1.165, 1.54) is 109 Å². The summed E-state index contributed by atoms with van der Waals surface area (Å²) in [5.74, 6) is 0. The topological polar surface area (TPSA) is 38.2 Å². The molecule has 24 heavy (non-hydrogen) atoms. The van der Waals surface area contributed by atoms with Gasteiger partial charge in [0, 0.05) is 0 Å². The van der Waals surface area contributed by atoms with Gasteiger partial charge in [-0.3, -0.25) is 0 Å². The van der Waals surface area contributed by atoms with Crippen molar-refractivity contribution in [3.8, 4) is 0 Å². The zero-order valence-corrected chi connectivity index (χ0v) is 20.4. The van der Waals surface area contributed by atoms with E-state index in [1.807, 2.05) is 0 Å². The van der Waals surface area contributed by atoms with Crippen molar-refractivity contribution >= 4 is 34.0 Å². The molecule has 0 aromatic carbocycles. The Bertz CT molecular complexity index is 190. The molecule has 0 amide bonds. The monoisotopic (exact) mass is 474 g/mol. The summed E-state index contributed by atoms with van der Waals surface area (Å²) in [7, 11) is 4.34. The molecule has 0 unspecified atom stereocenters. The number of unbranched alkanes of at least 4 members (excludes halogenated alkanes) is 15. The highest BCUT2D eigenvalue weighted by Crippen LogP contribution is 2.13. The Labute approximate surface area is 175 Å². The number of hydrogen-bond acceptors (Lipinski definition) is 2. The predicted octanol–water partition coefficient (Wildman–Crippen LogP) is 8.13. The van der Waals surface area contributed by atoms with E-state index in [-0.39, 0.29) is 40.1 Å². The van der Waals surface area contributed by atoms with Crippen molar-refractivity contribution in [2.75, 3.05) is 20.6 Å². The molecule has 0 saturated carbocycles. The van der Waals surface area contributed by atoms with Crippen LogP contribution in [0.4, 0.5) is 0 Å². The molecule has 0 aliphatic carbocycles. The van der Waals surface area contributed by atoms with E-state index in [0.29, 0.717) is 0 Å². The lowest BCUT2D eigenvalue weighted by Gasteiger charge is -2.08. The van der Waals surface area contributed by atoms with E-state index >= 15 is 0 Å². The average molecular weight is 476 g/mol. The molecule has 0 aliphatic heterocycles. The fraction of sp³-hybridized carbons (Fsp3) is 1.00. The number of rotatable bonds is 17. The standard InChI is InChI=1S/C20H43N.2BrH.H3N/c1-4-5-6-7-8-9-10-11-12-13-14-15-16-17-18-19-20-21(2)3;;;/h4-20H2,1-3H3;2*1H;1H3. The largest absolute Gasteiger partial charge is 0.344 e. The first-order valence-corrected chi connectivity index (χ1v) is 9.92. The smallest absolute Gasteiger partial charge is 0.00248 e. The summed E-state index contributed by atoms with van der Waals surface area (Å²) in [6, 6.07) is 0. The van der Waals surface area contributed by atoms with Crippen molar-refractivity contribution in [1.82, 2.24) is 11.1 Å². The van der Waals surface area contributed by atoms with Gasteiger partial charge in [-0.05, 0) is 27.1 Å². The van der Waals surface area contributed by atoms with Crippen molar-refractivity contribution in [1.29, 1.82) is 0 Å². The number of nitrogens with zero attached hydrogens (tertiary/aromatic N) is 1. The third-order valence-electron chi connectivity index (χ3n) is 4.46. The van der Waals surface area contributed by atoms with E-state index in [4.69, 9.17) is 0 Å². The van der Waals surface area contributed by atoms with Crippen molar-refractivity contribution in [2.45, 2.75) is 110 Å². The van der Waals surface area contributed by atoms with Crippen LogP contribution in [0.3, 0.4) is 0 Å². The molecule has 0 atom stereocenters. The first kappa shape index (κ1) is 32.5. The first-order valence-electron chi connectivity index (χ1n) is 9.92. The lowest BCUT2D eigenvalue weighted by atomic mass is 10.0. The molecule has 0 radical (unpaired) electrons. The second-order valence-electron chi connectivity index (χ2n) is 7.11. The van der Waals surface area contributed by atoms with Crippen LogP contribution in [0.5, 0.6) is 0 Å². The van der Waals surface area contributed by atoms with Crippen LogP contribution >= 0.6 is 34.0 Å².